The van der Waals surface area contributed by atoms with Gasteiger partial charge in [-0.25, -0.2) is 4.79 Å². The van der Waals surface area contributed by atoms with Crippen LogP contribution in [0.2, 0.25) is 5.02 Å². The van der Waals surface area contributed by atoms with Crippen LogP contribution in [0.1, 0.15) is 29.3 Å². The number of phenolic OH excluding ortho intramolecular Hbond substituents is 2. The quantitative estimate of drug-likeness (QED) is 0.503. The number of aliphatic hydroxyl groups is 2. The van der Waals surface area contributed by atoms with Crippen molar-refractivity contribution in [1.82, 2.24) is 0 Å². The molecule has 1 aliphatic rings. The Balaban J connectivity index is 2.51. The minimum atomic E-state index is -1.20. The van der Waals surface area contributed by atoms with E-state index >= 15 is 0 Å². The molecule has 0 spiro atoms. The highest BCUT2D eigenvalue weighted by molar-refractivity contribution is 6.33. The van der Waals surface area contributed by atoms with E-state index in [0.717, 1.165) is 6.07 Å². The second kappa shape index (κ2) is 8.35. The van der Waals surface area contributed by atoms with Gasteiger partial charge in [-0.05, 0) is 13.0 Å². The van der Waals surface area contributed by atoms with Crippen molar-refractivity contribution in [1.29, 1.82) is 0 Å². The Bertz CT molecular complexity index is 769. The third-order valence-electron chi connectivity index (χ3n) is 3.85. The van der Waals surface area contributed by atoms with Gasteiger partial charge in [0.15, 0.2) is 5.78 Å². The zero-order chi connectivity index (χ0) is 19.4. The summed E-state index contributed by atoms with van der Waals surface area (Å²) in [5, 5.41) is 39.4. The smallest absolute Gasteiger partial charge is 0.342 e. The number of phenols is 2. The maximum absolute atomic E-state index is 12.5. The summed E-state index contributed by atoms with van der Waals surface area (Å²) >= 11 is 6.01. The molecule has 0 fully saturated rings. The fraction of sp³-hybridized carbons (Fsp3) is 0.333. The van der Waals surface area contributed by atoms with Crippen LogP contribution in [0, 0.1) is 0 Å². The van der Waals surface area contributed by atoms with Gasteiger partial charge < -0.3 is 25.2 Å². The Labute approximate surface area is 154 Å². The lowest BCUT2D eigenvalue weighted by Gasteiger charge is -2.21. The van der Waals surface area contributed by atoms with E-state index in [1.54, 1.807) is 0 Å². The summed E-state index contributed by atoms with van der Waals surface area (Å²) in [5.74, 6) is -2.47. The Morgan fingerprint density at radius 3 is 2.54 bits per heavy atom. The van der Waals surface area contributed by atoms with Crippen LogP contribution < -0.4 is 0 Å². The largest absolute Gasteiger partial charge is 0.507 e. The van der Waals surface area contributed by atoms with E-state index in [2.05, 4.69) is 0 Å². The molecule has 7 nitrogen and oxygen atoms in total. The zero-order valence-corrected chi connectivity index (χ0v) is 14.7. The average molecular weight is 383 g/mol. The van der Waals surface area contributed by atoms with Crippen molar-refractivity contribution < 1.29 is 34.8 Å². The van der Waals surface area contributed by atoms with Crippen LogP contribution in [0.25, 0.3) is 0 Å². The van der Waals surface area contributed by atoms with Crippen molar-refractivity contribution in [2.24, 2.45) is 0 Å². The predicted molar refractivity (Wildman–Crippen MR) is 93.3 cm³/mol. The molecule has 3 atom stereocenters. The Hall–Kier alpha value is -2.35. The van der Waals surface area contributed by atoms with Crippen LogP contribution in [0.3, 0.4) is 0 Å². The number of aromatic hydroxyl groups is 2. The number of hydrogen-bond donors (Lipinski definition) is 4. The molecule has 2 rings (SSSR count). The van der Waals surface area contributed by atoms with Gasteiger partial charge in [0.25, 0.3) is 0 Å². The molecule has 1 aliphatic heterocycles. The number of ether oxygens (including phenoxy) is 1. The van der Waals surface area contributed by atoms with E-state index < -0.39 is 41.6 Å². The van der Waals surface area contributed by atoms with Gasteiger partial charge in [-0.15, -0.1) is 0 Å². The fourth-order valence-corrected chi connectivity index (χ4v) is 2.77. The van der Waals surface area contributed by atoms with Crippen LogP contribution in [0.4, 0.5) is 0 Å². The summed E-state index contributed by atoms with van der Waals surface area (Å²) < 4.78 is 5.19. The van der Waals surface area contributed by atoms with E-state index in [1.807, 2.05) is 0 Å². The Morgan fingerprint density at radius 1 is 1.15 bits per heavy atom. The third kappa shape index (κ3) is 4.63. The molecule has 26 heavy (non-hydrogen) atoms. The summed E-state index contributed by atoms with van der Waals surface area (Å²) in [6.07, 6.45) is 1.64. The molecule has 0 radical (unpaired) electrons. The highest BCUT2D eigenvalue weighted by atomic mass is 35.5. The highest BCUT2D eigenvalue weighted by Gasteiger charge is 2.27. The maximum Gasteiger partial charge on any atom is 0.342 e. The van der Waals surface area contributed by atoms with E-state index in [-0.39, 0.29) is 29.0 Å². The van der Waals surface area contributed by atoms with Gasteiger partial charge in [-0.2, -0.15) is 0 Å². The van der Waals surface area contributed by atoms with Gasteiger partial charge in [0.1, 0.15) is 23.2 Å². The standard InChI is InChI=1S/C18H19ClO7/c1-9-6-13(22)12(21)5-3-2-4-10(20)7-11-16(18(25)26-9)14(23)8-15(24)17(11)19/h2-5,8-9,12-13,21-24H,6-7H2,1H3/b4-2+,5-3-/t9-,12-,13+/m1/s1. The molecule has 0 aromatic heterocycles. The second-order valence-electron chi connectivity index (χ2n) is 5.98. The second-order valence-corrected chi connectivity index (χ2v) is 6.36. The first-order valence-electron chi connectivity index (χ1n) is 7.88. The Morgan fingerprint density at radius 2 is 1.85 bits per heavy atom. The number of carbonyl (C=O) groups excluding carboxylic acids is 2. The molecule has 8 heteroatoms. The SMILES string of the molecule is C[C@@H]1C[C@H](O)[C@H](O)/C=C\C=C\C(=O)Cc2c(Cl)c(O)cc(O)c2C(=O)O1. The Kier molecular flexibility index (Phi) is 6.42. The number of esters is 1. The van der Waals surface area contributed by atoms with Crippen LogP contribution in [-0.4, -0.2) is 50.5 Å². The number of rotatable bonds is 0. The third-order valence-corrected chi connectivity index (χ3v) is 4.28. The minimum Gasteiger partial charge on any atom is -0.507 e. The molecule has 0 saturated heterocycles. The van der Waals surface area contributed by atoms with Gasteiger partial charge in [0.05, 0.1) is 17.2 Å². The number of carbonyl (C=O) groups is 2. The first kappa shape index (κ1) is 20.0. The van der Waals surface area contributed by atoms with E-state index in [1.165, 1.54) is 31.2 Å². The summed E-state index contributed by atoms with van der Waals surface area (Å²) in [7, 11) is 0. The van der Waals surface area contributed by atoms with Crippen LogP contribution in [0.15, 0.2) is 30.4 Å². The van der Waals surface area contributed by atoms with E-state index in [4.69, 9.17) is 16.3 Å². The van der Waals surface area contributed by atoms with Gasteiger partial charge >= 0.3 is 5.97 Å². The number of allylic oxidation sites excluding steroid dienone is 3. The molecule has 1 heterocycles. The molecule has 1 aromatic carbocycles. The minimum absolute atomic E-state index is 0.0538. The van der Waals surface area contributed by atoms with Crippen LogP contribution >= 0.6 is 11.6 Å². The average Bonchev–Trinajstić information content (AvgIpc) is 2.54. The molecule has 0 aliphatic carbocycles. The summed E-state index contributed by atoms with van der Waals surface area (Å²) in [6.45, 7) is 1.51. The van der Waals surface area contributed by atoms with Gasteiger partial charge in [0.2, 0.25) is 0 Å². The monoisotopic (exact) mass is 382 g/mol. The van der Waals surface area contributed by atoms with E-state index in [0.29, 0.717) is 0 Å². The lowest BCUT2D eigenvalue weighted by Crippen LogP contribution is -2.30. The molecule has 4 N–H and O–H groups in total. The van der Waals surface area contributed by atoms with Crippen molar-refractivity contribution in [3.63, 3.8) is 0 Å². The number of cyclic esters (lactones) is 1. The molecular weight excluding hydrogens is 364 g/mol. The highest BCUT2D eigenvalue weighted by Crippen LogP contribution is 2.37. The number of fused-ring (bicyclic) bond motifs is 1. The van der Waals surface area contributed by atoms with Crippen molar-refractivity contribution in [3.8, 4) is 11.5 Å². The van der Waals surface area contributed by atoms with Gasteiger partial charge in [-0.3, -0.25) is 4.79 Å². The number of halogens is 1. The lowest BCUT2D eigenvalue weighted by molar-refractivity contribution is -0.114. The van der Waals surface area contributed by atoms with Gasteiger partial charge in [0, 0.05) is 24.5 Å². The predicted octanol–water partition coefficient (Wildman–Crippen LogP) is 1.65. The molecule has 0 bridgehead atoms. The summed E-state index contributed by atoms with van der Waals surface area (Å²) in [6, 6.07) is 0.887. The molecule has 0 unspecified atom stereocenters. The summed E-state index contributed by atoms with van der Waals surface area (Å²) in [4.78, 5) is 24.6. The van der Waals surface area contributed by atoms with Crippen LogP contribution in [-0.2, 0) is 16.0 Å². The number of hydrogen-bond acceptors (Lipinski definition) is 7. The first-order chi connectivity index (χ1) is 12.2. The van der Waals surface area contributed by atoms with Crippen molar-refractivity contribution in [3.05, 3.63) is 46.5 Å². The topological polar surface area (TPSA) is 124 Å². The first-order valence-corrected chi connectivity index (χ1v) is 8.26. The molecule has 140 valence electrons. The molecular formula is C18H19ClO7. The molecule has 0 amide bonds. The molecule has 0 saturated carbocycles. The number of benzene rings is 1. The summed E-state index contributed by atoms with van der Waals surface area (Å²) in [5.41, 5.74) is -0.387. The van der Waals surface area contributed by atoms with Crippen molar-refractivity contribution >= 4 is 23.4 Å². The number of ketones is 1. The normalized spacial score (nSPS) is 27.2. The lowest BCUT2D eigenvalue weighted by atomic mass is 9.99. The molecule has 1 aromatic rings. The van der Waals surface area contributed by atoms with Crippen molar-refractivity contribution in [2.75, 3.05) is 0 Å². The van der Waals surface area contributed by atoms with E-state index in [9.17, 15) is 30.0 Å². The van der Waals surface area contributed by atoms with Gasteiger partial charge in [-0.1, -0.05) is 29.8 Å². The number of aliphatic hydroxyl groups excluding tert-OH is 2. The van der Waals surface area contributed by atoms with Crippen molar-refractivity contribution in [2.45, 2.75) is 38.1 Å². The van der Waals surface area contributed by atoms with Crippen LogP contribution in [0.5, 0.6) is 11.5 Å². The zero-order valence-electron chi connectivity index (χ0n) is 13.9. The maximum atomic E-state index is 12.5. The fourth-order valence-electron chi connectivity index (χ4n) is 2.55.